The molecule has 0 bridgehead atoms. The summed E-state index contributed by atoms with van der Waals surface area (Å²) in [6, 6.07) is 8.41. The zero-order chi connectivity index (χ0) is 11.8. The zero-order valence-electron chi connectivity index (χ0n) is 9.77. The number of benzene rings is 1. The molecule has 90 valence electrons. The molecule has 0 saturated carbocycles. The van der Waals surface area contributed by atoms with E-state index in [-0.39, 0.29) is 0 Å². The molecule has 0 amide bonds. The second kappa shape index (κ2) is 4.54. The van der Waals surface area contributed by atoms with E-state index in [9.17, 15) is 0 Å². The summed E-state index contributed by atoms with van der Waals surface area (Å²) in [4.78, 5) is 0. The Labute approximate surface area is 110 Å². The van der Waals surface area contributed by atoms with Crippen molar-refractivity contribution in [1.82, 2.24) is 9.78 Å². The van der Waals surface area contributed by atoms with Gasteiger partial charge in [-0.1, -0.05) is 18.2 Å². The molecule has 2 atom stereocenters. The number of hydrogen-bond donors (Lipinski definition) is 0. The van der Waals surface area contributed by atoms with Crippen molar-refractivity contribution < 1.29 is 0 Å². The van der Waals surface area contributed by atoms with Crippen molar-refractivity contribution in [2.24, 2.45) is 13.0 Å². The Bertz CT molecular complexity index is 537. The van der Waals surface area contributed by atoms with Crippen molar-refractivity contribution in [1.29, 1.82) is 0 Å². The van der Waals surface area contributed by atoms with Gasteiger partial charge in [-0.15, -0.1) is 11.6 Å². The van der Waals surface area contributed by atoms with Crippen LogP contribution >= 0.6 is 23.4 Å². The summed E-state index contributed by atoms with van der Waals surface area (Å²) >= 11 is 8.29. The van der Waals surface area contributed by atoms with E-state index in [1.54, 1.807) is 0 Å². The number of rotatable bonds is 2. The number of aromatic nitrogens is 2. The Balaban J connectivity index is 1.95. The van der Waals surface area contributed by atoms with Gasteiger partial charge in [-0.25, -0.2) is 0 Å². The van der Waals surface area contributed by atoms with Gasteiger partial charge in [-0.05, 0) is 24.2 Å². The van der Waals surface area contributed by atoms with E-state index >= 15 is 0 Å². The molecule has 1 aliphatic heterocycles. The fourth-order valence-electron chi connectivity index (χ4n) is 2.45. The zero-order valence-corrected chi connectivity index (χ0v) is 11.3. The molecular weight excluding hydrogens is 252 g/mol. The largest absolute Gasteiger partial charge is 0.268 e. The lowest BCUT2D eigenvalue weighted by atomic mass is 10.0. The van der Waals surface area contributed by atoms with Crippen molar-refractivity contribution in [3.05, 3.63) is 30.0 Å². The molecule has 0 radical (unpaired) electrons. The van der Waals surface area contributed by atoms with Crippen LogP contribution in [0.1, 0.15) is 5.69 Å². The number of para-hydroxylation sites is 1. The summed E-state index contributed by atoms with van der Waals surface area (Å²) in [6.07, 6.45) is 1.00. The molecule has 1 saturated heterocycles. The molecular formula is C13H15ClN2S. The average Bonchev–Trinajstić information content (AvgIpc) is 2.87. The Morgan fingerprint density at radius 1 is 1.41 bits per heavy atom. The van der Waals surface area contributed by atoms with Crippen LogP contribution < -0.4 is 0 Å². The maximum Gasteiger partial charge on any atom is 0.0706 e. The van der Waals surface area contributed by atoms with Gasteiger partial charge in [-0.3, -0.25) is 4.68 Å². The van der Waals surface area contributed by atoms with Crippen molar-refractivity contribution in [3.8, 4) is 0 Å². The van der Waals surface area contributed by atoms with Gasteiger partial charge in [0.1, 0.15) is 0 Å². The Morgan fingerprint density at radius 2 is 2.24 bits per heavy atom. The highest BCUT2D eigenvalue weighted by atomic mass is 35.5. The fraction of sp³-hybridized carbons (Fsp3) is 0.462. The monoisotopic (exact) mass is 266 g/mol. The maximum absolute atomic E-state index is 6.33. The van der Waals surface area contributed by atoms with Gasteiger partial charge in [0.05, 0.1) is 11.2 Å². The lowest BCUT2D eigenvalue weighted by Crippen LogP contribution is -2.15. The third kappa shape index (κ3) is 2.06. The van der Waals surface area contributed by atoms with E-state index in [4.69, 9.17) is 11.6 Å². The van der Waals surface area contributed by atoms with E-state index in [0.29, 0.717) is 11.3 Å². The first-order chi connectivity index (χ1) is 8.25. The molecule has 2 nitrogen and oxygen atoms in total. The van der Waals surface area contributed by atoms with Gasteiger partial charge in [0.25, 0.3) is 0 Å². The standard InChI is InChI=1S/C13H15ClN2S/c1-16-13-5-3-2-4-10(13)12(15-16)6-9-7-17-8-11(9)14/h2-5,9,11H,6-8H2,1H3. The minimum absolute atomic E-state index is 0.306. The van der Waals surface area contributed by atoms with E-state index in [0.717, 1.165) is 12.2 Å². The highest BCUT2D eigenvalue weighted by molar-refractivity contribution is 7.99. The summed E-state index contributed by atoms with van der Waals surface area (Å²) in [5, 5.41) is 6.22. The van der Waals surface area contributed by atoms with Crippen molar-refractivity contribution >= 4 is 34.3 Å². The second-order valence-electron chi connectivity index (χ2n) is 4.61. The highest BCUT2D eigenvalue weighted by Crippen LogP contribution is 2.32. The molecule has 17 heavy (non-hydrogen) atoms. The van der Waals surface area contributed by atoms with Crippen molar-refractivity contribution in [2.75, 3.05) is 11.5 Å². The number of thioether (sulfide) groups is 1. The number of aryl methyl sites for hydroxylation is 1. The molecule has 0 aliphatic carbocycles. The van der Waals surface area contributed by atoms with Gasteiger partial charge in [0.2, 0.25) is 0 Å². The number of halogens is 1. The molecule has 2 aromatic rings. The van der Waals surface area contributed by atoms with E-state index in [1.165, 1.54) is 22.3 Å². The van der Waals surface area contributed by atoms with Crippen LogP contribution in [0.5, 0.6) is 0 Å². The smallest absolute Gasteiger partial charge is 0.0706 e. The highest BCUT2D eigenvalue weighted by Gasteiger charge is 2.27. The van der Waals surface area contributed by atoms with Gasteiger partial charge in [0.15, 0.2) is 0 Å². The molecule has 1 aromatic heterocycles. The van der Waals surface area contributed by atoms with E-state index < -0.39 is 0 Å². The molecule has 0 spiro atoms. The lowest BCUT2D eigenvalue weighted by Gasteiger charge is -2.10. The van der Waals surface area contributed by atoms with Gasteiger partial charge in [-0.2, -0.15) is 16.9 Å². The van der Waals surface area contributed by atoms with Gasteiger partial charge < -0.3 is 0 Å². The molecule has 2 unspecified atom stereocenters. The molecule has 2 heterocycles. The van der Waals surface area contributed by atoms with E-state index in [1.807, 2.05) is 23.5 Å². The normalized spacial score (nSPS) is 24.6. The lowest BCUT2D eigenvalue weighted by molar-refractivity contribution is 0.587. The van der Waals surface area contributed by atoms with Crippen LogP contribution in [0, 0.1) is 5.92 Å². The van der Waals surface area contributed by atoms with Crippen LogP contribution in [0.25, 0.3) is 10.9 Å². The molecule has 0 N–H and O–H groups in total. The average molecular weight is 267 g/mol. The summed E-state index contributed by atoms with van der Waals surface area (Å²) < 4.78 is 1.97. The Morgan fingerprint density at radius 3 is 3.00 bits per heavy atom. The first-order valence-corrected chi connectivity index (χ1v) is 7.47. The molecule has 3 rings (SSSR count). The predicted octanol–water partition coefficient (Wildman–Crippen LogP) is 3.09. The first kappa shape index (κ1) is 11.4. The maximum atomic E-state index is 6.33. The topological polar surface area (TPSA) is 17.8 Å². The molecule has 1 fully saturated rings. The van der Waals surface area contributed by atoms with Crippen LogP contribution in [-0.2, 0) is 13.5 Å². The van der Waals surface area contributed by atoms with Crippen LogP contribution in [0.4, 0.5) is 0 Å². The first-order valence-electron chi connectivity index (χ1n) is 5.88. The van der Waals surface area contributed by atoms with E-state index in [2.05, 4.69) is 29.4 Å². The quantitative estimate of drug-likeness (QED) is 0.778. The van der Waals surface area contributed by atoms with Crippen LogP contribution in [0.3, 0.4) is 0 Å². The van der Waals surface area contributed by atoms with Crippen LogP contribution in [0.15, 0.2) is 24.3 Å². The number of fused-ring (bicyclic) bond motifs is 1. The summed E-state index contributed by atoms with van der Waals surface area (Å²) in [6.45, 7) is 0. The third-order valence-electron chi connectivity index (χ3n) is 3.41. The van der Waals surface area contributed by atoms with Gasteiger partial charge in [0, 0.05) is 23.6 Å². The molecule has 1 aliphatic rings. The SMILES string of the molecule is Cn1nc(CC2CSCC2Cl)c2ccccc21. The summed E-state index contributed by atoms with van der Waals surface area (Å²) in [7, 11) is 2.01. The number of hydrogen-bond acceptors (Lipinski definition) is 2. The fourth-order valence-corrected chi connectivity index (χ4v) is 4.28. The minimum atomic E-state index is 0.306. The molecule has 4 heteroatoms. The van der Waals surface area contributed by atoms with Crippen molar-refractivity contribution in [3.63, 3.8) is 0 Å². The van der Waals surface area contributed by atoms with Crippen LogP contribution in [0.2, 0.25) is 0 Å². The molecule has 1 aromatic carbocycles. The van der Waals surface area contributed by atoms with Gasteiger partial charge >= 0.3 is 0 Å². The summed E-state index contributed by atoms with van der Waals surface area (Å²) in [5.41, 5.74) is 2.40. The second-order valence-corrected chi connectivity index (χ2v) is 6.24. The van der Waals surface area contributed by atoms with Crippen LogP contribution in [-0.4, -0.2) is 26.7 Å². The van der Waals surface area contributed by atoms with Crippen molar-refractivity contribution in [2.45, 2.75) is 11.8 Å². The predicted molar refractivity (Wildman–Crippen MR) is 74.9 cm³/mol. The number of alkyl halides is 1. The minimum Gasteiger partial charge on any atom is -0.268 e. The third-order valence-corrected chi connectivity index (χ3v) is 5.36. The Hall–Kier alpha value is -0.670. The number of nitrogens with zero attached hydrogens (tertiary/aromatic N) is 2. The Kier molecular flexibility index (Phi) is 3.05. The summed E-state index contributed by atoms with van der Waals surface area (Å²) in [5.74, 6) is 2.82.